The number of rotatable bonds is 2. The topological polar surface area (TPSA) is 62.7 Å². The van der Waals surface area contributed by atoms with E-state index in [4.69, 9.17) is 33.0 Å². The van der Waals surface area contributed by atoms with Crippen LogP contribution in [0.2, 0.25) is 10.0 Å². The highest BCUT2D eigenvalue weighted by atomic mass is 35.5. The highest BCUT2D eigenvalue weighted by molar-refractivity contribution is 6.46. The number of carbonyl (C=O) groups excluding carboxylic acids is 1. The molecule has 2 aromatic rings. The molecule has 1 aromatic carbocycles. The Morgan fingerprint density at radius 1 is 1.43 bits per heavy atom. The van der Waals surface area contributed by atoms with Crippen molar-refractivity contribution in [3.8, 4) is 5.75 Å². The van der Waals surface area contributed by atoms with Crippen molar-refractivity contribution in [3.05, 3.63) is 33.4 Å². The molecular weight excluding hydrogens is 315 g/mol. The summed E-state index contributed by atoms with van der Waals surface area (Å²) in [6, 6.07) is 1.78. The summed E-state index contributed by atoms with van der Waals surface area (Å²) in [6.45, 7) is 0.338. The first-order valence-corrected chi connectivity index (χ1v) is 7.03. The van der Waals surface area contributed by atoms with E-state index in [-0.39, 0.29) is 5.91 Å². The summed E-state index contributed by atoms with van der Waals surface area (Å²) in [5, 5.41) is 10.5. The number of pyridine rings is 1. The van der Waals surface area contributed by atoms with Crippen LogP contribution < -0.4 is 4.74 Å². The van der Waals surface area contributed by atoms with Gasteiger partial charge >= 0.3 is 0 Å². The van der Waals surface area contributed by atoms with Gasteiger partial charge in [0, 0.05) is 24.7 Å². The molecule has 1 amide bonds. The van der Waals surface area contributed by atoms with Gasteiger partial charge in [-0.2, -0.15) is 0 Å². The van der Waals surface area contributed by atoms with E-state index in [0.717, 1.165) is 16.5 Å². The molecule has 0 spiro atoms. The Balaban J connectivity index is 2.18. The van der Waals surface area contributed by atoms with Gasteiger partial charge in [0.05, 0.1) is 17.6 Å². The van der Waals surface area contributed by atoms with Crippen LogP contribution in [0.25, 0.3) is 10.9 Å². The van der Waals surface area contributed by atoms with Crippen molar-refractivity contribution in [2.24, 2.45) is 0 Å². The van der Waals surface area contributed by atoms with Gasteiger partial charge in [0.25, 0.3) is 0 Å². The van der Waals surface area contributed by atoms with E-state index in [2.05, 4.69) is 4.98 Å². The number of hydrogen-bond acceptors (Lipinski definition) is 4. The van der Waals surface area contributed by atoms with Gasteiger partial charge in [-0.15, -0.1) is 0 Å². The molecular formula is C14H12Cl2N2O3. The van der Waals surface area contributed by atoms with Crippen molar-refractivity contribution in [2.45, 2.75) is 13.1 Å². The van der Waals surface area contributed by atoms with Crippen LogP contribution >= 0.6 is 23.2 Å². The first kappa shape index (κ1) is 14.4. The van der Waals surface area contributed by atoms with Crippen molar-refractivity contribution in [2.75, 3.05) is 13.7 Å². The summed E-state index contributed by atoms with van der Waals surface area (Å²) < 4.78 is 5.22. The Kier molecular flexibility index (Phi) is 3.65. The van der Waals surface area contributed by atoms with Gasteiger partial charge in [-0.25, -0.2) is 0 Å². The average Bonchev–Trinajstić information content (AvgIpc) is 2.94. The Morgan fingerprint density at radius 2 is 2.19 bits per heavy atom. The lowest BCUT2D eigenvalue weighted by atomic mass is 10.1. The Morgan fingerprint density at radius 3 is 2.86 bits per heavy atom. The minimum Gasteiger partial charge on any atom is -0.495 e. The molecule has 1 aromatic heterocycles. The first-order chi connectivity index (χ1) is 10.1. The van der Waals surface area contributed by atoms with Crippen LogP contribution in [0.3, 0.4) is 0 Å². The van der Waals surface area contributed by atoms with Gasteiger partial charge in [0.15, 0.2) is 0 Å². The molecule has 0 aliphatic carbocycles. The third kappa shape index (κ3) is 2.21. The van der Waals surface area contributed by atoms with E-state index in [9.17, 15) is 4.79 Å². The number of ether oxygens (including phenoxy) is 1. The summed E-state index contributed by atoms with van der Waals surface area (Å²) in [6.07, 6.45) is 1.69. The zero-order valence-corrected chi connectivity index (χ0v) is 12.7. The smallest absolute Gasteiger partial charge is 0.248 e. The van der Waals surface area contributed by atoms with Gasteiger partial charge in [-0.1, -0.05) is 23.2 Å². The maximum absolute atomic E-state index is 11.6. The second kappa shape index (κ2) is 5.33. The molecule has 0 fully saturated rings. The van der Waals surface area contributed by atoms with Crippen LogP contribution in [0.1, 0.15) is 11.1 Å². The van der Waals surface area contributed by atoms with Crippen molar-refractivity contribution < 1.29 is 14.6 Å². The standard InChI is InChI=1S/C14H12Cl2N2O3/c1-21-10-2-8-9-5-18(11(20)6-19)4-7(9)3-17-14(8)13(16)12(10)15/h2-3,19H,4-6H2,1H3. The molecule has 1 aliphatic heterocycles. The third-order valence-electron chi connectivity index (χ3n) is 3.63. The molecule has 0 radical (unpaired) electrons. The minimum atomic E-state index is -0.505. The molecule has 2 heterocycles. The van der Waals surface area contributed by atoms with Gasteiger partial charge < -0.3 is 14.7 Å². The quantitative estimate of drug-likeness (QED) is 0.920. The summed E-state index contributed by atoms with van der Waals surface area (Å²) in [5.41, 5.74) is 2.47. The van der Waals surface area contributed by atoms with Gasteiger partial charge in [-0.3, -0.25) is 9.78 Å². The second-order valence-corrected chi connectivity index (χ2v) is 5.53. The van der Waals surface area contributed by atoms with Crippen molar-refractivity contribution in [3.63, 3.8) is 0 Å². The second-order valence-electron chi connectivity index (χ2n) is 4.77. The van der Waals surface area contributed by atoms with Crippen LogP contribution in [0.5, 0.6) is 5.75 Å². The van der Waals surface area contributed by atoms with E-state index in [1.165, 1.54) is 7.11 Å². The molecule has 21 heavy (non-hydrogen) atoms. The van der Waals surface area contributed by atoms with E-state index in [1.54, 1.807) is 17.2 Å². The minimum absolute atomic E-state index is 0.314. The number of methoxy groups -OCH3 is 1. The molecule has 0 saturated carbocycles. The summed E-state index contributed by atoms with van der Waals surface area (Å²) in [7, 11) is 1.52. The van der Waals surface area contributed by atoms with E-state index in [1.807, 2.05) is 0 Å². The number of nitrogens with zero attached hydrogens (tertiary/aromatic N) is 2. The summed E-state index contributed by atoms with van der Waals surface area (Å²) in [5.74, 6) is 0.155. The number of aliphatic hydroxyl groups is 1. The van der Waals surface area contributed by atoms with Crippen LogP contribution in [0.4, 0.5) is 0 Å². The predicted molar refractivity (Wildman–Crippen MR) is 79.7 cm³/mol. The zero-order chi connectivity index (χ0) is 15.1. The van der Waals surface area contributed by atoms with Gasteiger partial charge in [0.1, 0.15) is 17.4 Å². The number of benzene rings is 1. The molecule has 110 valence electrons. The lowest BCUT2D eigenvalue weighted by Crippen LogP contribution is -2.27. The Bertz CT molecular complexity index is 749. The Hall–Kier alpha value is -1.56. The molecule has 7 heteroatoms. The molecule has 1 aliphatic rings. The van der Waals surface area contributed by atoms with Crippen molar-refractivity contribution in [1.29, 1.82) is 0 Å². The number of fused-ring (bicyclic) bond motifs is 3. The number of carbonyl (C=O) groups is 1. The van der Waals surface area contributed by atoms with Crippen LogP contribution in [-0.4, -0.2) is 34.6 Å². The average molecular weight is 327 g/mol. The van der Waals surface area contributed by atoms with E-state index < -0.39 is 6.61 Å². The third-order valence-corrected chi connectivity index (χ3v) is 4.47. The van der Waals surface area contributed by atoms with Crippen molar-refractivity contribution >= 4 is 40.0 Å². The normalized spacial score (nSPS) is 13.6. The first-order valence-electron chi connectivity index (χ1n) is 6.28. The molecule has 0 saturated heterocycles. The monoisotopic (exact) mass is 326 g/mol. The maximum Gasteiger partial charge on any atom is 0.248 e. The molecule has 5 nitrogen and oxygen atoms in total. The van der Waals surface area contributed by atoms with Crippen molar-refractivity contribution in [1.82, 2.24) is 9.88 Å². The largest absolute Gasteiger partial charge is 0.495 e. The zero-order valence-electron chi connectivity index (χ0n) is 11.2. The molecule has 0 unspecified atom stereocenters. The lowest BCUT2D eigenvalue weighted by molar-refractivity contribution is -0.134. The number of halogens is 2. The summed E-state index contributed by atoms with van der Waals surface area (Å²) in [4.78, 5) is 17.6. The maximum atomic E-state index is 11.6. The SMILES string of the molecule is COc1cc2c3c(cnc2c(Cl)c1Cl)CN(C(=O)CO)C3. The molecule has 1 N–H and O–H groups in total. The molecule has 0 atom stereocenters. The van der Waals surface area contributed by atoms with Gasteiger partial charge in [-0.05, 0) is 17.2 Å². The molecule has 3 rings (SSSR count). The highest BCUT2D eigenvalue weighted by Crippen LogP contribution is 2.40. The highest BCUT2D eigenvalue weighted by Gasteiger charge is 2.26. The van der Waals surface area contributed by atoms with Crippen LogP contribution in [0, 0.1) is 0 Å². The van der Waals surface area contributed by atoms with Gasteiger partial charge in [0.2, 0.25) is 5.91 Å². The van der Waals surface area contributed by atoms with Crippen LogP contribution in [-0.2, 0) is 17.9 Å². The Labute approximate surface area is 131 Å². The fraction of sp³-hybridized carbons (Fsp3) is 0.286. The fourth-order valence-corrected chi connectivity index (χ4v) is 3.01. The van der Waals surface area contributed by atoms with E-state index >= 15 is 0 Å². The van der Waals surface area contributed by atoms with Crippen LogP contribution in [0.15, 0.2) is 12.3 Å². The number of aromatic nitrogens is 1. The fourth-order valence-electron chi connectivity index (χ4n) is 2.54. The number of amides is 1. The van der Waals surface area contributed by atoms with E-state index in [0.29, 0.717) is 34.4 Å². The molecule has 0 bridgehead atoms. The summed E-state index contributed by atoms with van der Waals surface area (Å²) >= 11 is 12.4. The number of hydrogen-bond donors (Lipinski definition) is 1. The lowest BCUT2D eigenvalue weighted by Gasteiger charge is -2.13. The predicted octanol–water partition coefficient (Wildman–Crippen LogP) is 2.38. The number of aliphatic hydroxyl groups excluding tert-OH is 1.